The molecule has 0 spiro atoms. The van der Waals surface area contributed by atoms with Crippen molar-refractivity contribution in [1.29, 1.82) is 0 Å². The minimum atomic E-state index is -1.77. The number of carbonyl (C=O) groups is 2. The lowest BCUT2D eigenvalue weighted by atomic mass is 9.97. The van der Waals surface area contributed by atoms with Crippen LogP contribution in [0.1, 0.15) is 31.1 Å². The molecular formula is C18H24BrClN2O3. The number of nitrogens with zero attached hydrogens (tertiary/aromatic N) is 1. The fourth-order valence-electron chi connectivity index (χ4n) is 2.54. The van der Waals surface area contributed by atoms with Gasteiger partial charge in [-0.2, -0.15) is 0 Å². The molecule has 138 valence electrons. The Morgan fingerprint density at radius 1 is 1.20 bits per heavy atom. The van der Waals surface area contributed by atoms with Gasteiger partial charge in [0.15, 0.2) is 5.78 Å². The quantitative estimate of drug-likeness (QED) is 0.336. The summed E-state index contributed by atoms with van der Waals surface area (Å²) in [6.07, 6.45) is 0. The molecule has 0 radical (unpaired) electrons. The van der Waals surface area contributed by atoms with Crippen molar-refractivity contribution >= 4 is 45.0 Å². The van der Waals surface area contributed by atoms with E-state index in [2.05, 4.69) is 26.1 Å². The third kappa shape index (κ3) is 4.96. The van der Waals surface area contributed by atoms with Crippen LogP contribution in [0.3, 0.4) is 0 Å². The van der Waals surface area contributed by atoms with E-state index < -0.39 is 22.2 Å². The van der Waals surface area contributed by atoms with E-state index in [9.17, 15) is 9.59 Å². The first-order valence-electron chi connectivity index (χ1n) is 8.26. The van der Waals surface area contributed by atoms with Crippen molar-refractivity contribution in [2.45, 2.75) is 31.2 Å². The van der Waals surface area contributed by atoms with Crippen LogP contribution < -0.4 is 10.2 Å². The summed E-state index contributed by atoms with van der Waals surface area (Å²) in [7, 11) is 0. The number of ether oxygens (including phenoxy) is 1. The van der Waals surface area contributed by atoms with Crippen LogP contribution >= 0.6 is 27.5 Å². The predicted molar refractivity (Wildman–Crippen MR) is 104 cm³/mol. The third-order valence-electron chi connectivity index (χ3n) is 3.88. The highest BCUT2D eigenvalue weighted by Gasteiger charge is 2.46. The van der Waals surface area contributed by atoms with E-state index in [1.54, 1.807) is 32.9 Å². The Bertz CT molecular complexity index is 624. The van der Waals surface area contributed by atoms with Crippen LogP contribution in [0.2, 0.25) is 0 Å². The van der Waals surface area contributed by atoms with Gasteiger partial charge >= 0.3 is 5.97 Å². The first kappa shape index (κ1) is 20.2. The number of halogens is 2. The van der Waals surface area contributed by atoms with E-state index in [1.807, 2.05) is 12.1 Å². The zero-order chi connectivity index (χ0) is 18.7. The van der Waals surface area contributed by atoms with Crippen LogP contribution in [-0.4, -0.2) is 53.7 Å². The van der Waals surface area contributed by atoms with Crippen LogP contribution in [-0.2, 0) is 9.53 Å². The normalized spacial score (nSPS) is 17.7. The van der Waals surface area contributed by atoms with Crippen LogP contribution in [0, 0.1) is 0 Å². The van der Waals surface area contributed by atoms with Gasteiger partial charge in [-0.3, -0.25) is 4.79 Å². The number of nitrogens with one attached hydrogen (secondary N) is 1. The molecule has 1 aliphatic rings. The Balaban J connectivity index is 2.18. The number of hydrogen-bond donors (Lipinski definition) is 1. The topological polar surface area (TPSA) is 58.6 Å². The fourth-order valence-corrected chi connectivity index (χ4v) is 3.17. The number of hydrogen-bond acceptors (Lipinski definition) is 5. The number of ketones is 1. The summed E-state index contributed by atoms with van der Waals surface area (Å²) >= 11 is 9.55. The molecule has 0 amide bonds. The van der Waals surface area contributed by atoms with Crippen molar-refractivity contribution in [3.05, 3.63) is 29.8 Å². The Labute approximate surface area is 162 Å². The number of esters is 1. The molecule has 5 nitrogen and oxygen atoms in total. The summed E-state index contributed by atoms with van der Waals surface area (Å²) in [4.78, 5) is 25.7. The van der Waals surface area contributed by atoms with Gasteiger partial charge in [0, 0.05) is 42.8 Å². The third-order valence-corrected chi connectivity index (χ3v) is 5.50. The number of rotatable bonds is 5. The lowest BCUT2D eigenvalue weighted by Crippen LogP contribution is -2.47. The van der Waals surface area contributed by atoms with Gasteiger partial charge in [-0.1, -0.05) is 27.5 Å². The molecule has 1 N–H and O–H groups in total. The molecule has 0 bridgehead atoms. The lowest BCUT2D eigenvalue weighted by molar-refractivity contribution is -0.155. The van der Waals surface area contributed by atoms with Gasteiger partial charge in [0.25, 0.3) is 0 Å². The Hall–Kier alpha value is -1.11. The van der Waals surface area contributed by atoms with Crippen LogP contribution in [0.5, 0.6) is 0 Å². The van der Waals surface area contributed by atoms with Gasteiger partial charge in [-0.25, -0.2) is 4.79 Å². The zero-order valence-electron chi connectivity index (χ0n) is 14.8. The van der Waals surface area contributed by atoms with Crippen molar-refractivity contribution < 1.29 is 14.3 Å². The maximum absolute atomic E-state index is 12.8. The molecule has 0 saturated carbocycles. The zero-order valence-corrected chi connectivity index (χ0v) is 17.1. The molecule has 2 rings (SSSR count). The predicted octanol–water partition coefficient (Wildman–Crippen LogP) is 2.99. The van der Waals surface area contributed by atoms with E-state index in [1.165, 1.54) is 0 Å². The summed E-state index contributed by atoms with van der Waals surface area (Å²) < 4.78 is 5.32. The highest BCUT2D eigenvalue weighted by Crippen LogP contribution is 2.29. The smallest absolute Gasteiger partial charge is 0.336 e. The number of Topliss-reactive ketones (excluding diaryl/α,β-unsaturated/α-hetero) is 1. The molecule has 0 aromatic heterocycles. The fraction of sp³-hybridized carbons (Fsp3) is 0.556. The second-order valence-corrected chi connectivity index (χ2v) is 8.26. The Morgan fingerprint density at radius 3 is 2.24 bits per heavy atom. The number of piperazine rings is 1. The summed E-state index contributed by atoms with van der Waals surface area (Å²) in [5.41, 5.74) is 0.722. The molecule has 0 aliphatic carbocycles. The van der Waals surface area contributed by atoms with E-state index >= 15 is 0 Å². The van der Waals surface area contributed by atoms with E-state index in [0.717, 1.165) is 31.9 Å². The molecule has 1 aromatic carbocycles. The molecule has 25 heavy (non-hydrogen) atoms. The van der Waals surface area contributed by atoms with Gasteiger partial charge in [-0.15, -0.1) is 0 Å². The summed E-state index contributed by atoms with van der Waals surface area (Å²) in [5, 5.41) is 3.28. The van der Waals surface area contributed by atoms with Crippen LogP contribution in [0.4, 0.5) is 5.69 Å². The monoisotopic (exact) mass is 430 g/mol. The molecule has 1 fully saturated rings. The minimum Gasteiger partial charge on any atom is -0.458 e. The average molecular weight is 432 g/mol. The molecule has 1 unspecified atom stereocenters. The Kier molecular flexibility index (Phi) is 6.51. The maximum Gasteiger partial charge on any atom is 0.336 e. The molecular weight excluding hydrogens is 408 g/mol. The van der Waals surface area contributed by atoms with Crippen molar-refractivity contribution in [1.82, 2.24) is 5.32 Å². The van der Waals surface area contributed by atoms with Crippen molar-refractivity contribution in [2.75, 3.05) is 36.4 Å². The molecule has 1 aliphatic heterocycles. The highest BCUT2D eigenvalue weighted by atomic mass is 79.9. The van der Waals surface area contributed by atoms with Crippen LogP contribution in [0.15, 0.2) is 24.3 Å². The van der Waals surface area contributed by atoms with Gasteiger partial charge in [-0.05, 0) is 45.0 Å². The minimum absolute atomic E-state index is 0.0190. The first-order valence-corrected chi connectivity index (χ1v) is 9.76. The second-order valence-electron chi connectivity index (χ2n) is 7.05. The number of carbonyl (C=O) groups excluding carboxylic acids is 2. The number of anilines is 1. The molecule has 1 atom stereocenters. The van der Waals surface area contributed by atoms with Gasteiger partial charge in [0.05, 0.1) is 0 Å². The van der Waals surface area contributed by atoms with E-state index in [4.69, 9.17) is 16.3 Å². The van der Waals surface area contributed by atoms with Crippen molar-refractivity contribution in [2.24, 2.45) is 0 Å². The SMILES string of the molecule is CC(C)(C)OC(=O)C(Cl)(CBr)C(=O)c1ccc(N2CCNCC2)cc1. The summed E-state index contributed by atoms with van der Waals surface area (Å²) in [5.74, 6) is -1.21. The number of benzene rings is 1. The first-order chi connectivity index (χ1) is 11.7. The molecule has 1 aromatic rings. The largest absolute Gasteiger partial charge is 0.458 e. The highest BCUT2D eigenvalue weighted by molar-refractivity contribution is 9.09. The molecule has 1 saturated heterocycles. The molecule has 7 heteroatoms. The van der Waals surface area contributed by atoms with Gasteiger partial charge < -0.3 is 15.0 Å². The number of alkyl halides is 2. The van der Waals surface area contributed by atoms with E-state index in [0.29, 0.717) is 5.56 Å². The van der Waals surface area contributed by atoms with Crippen LogP contribution in [0.25, 0.3) is 0 Å². The Morgan fingerprint density at radius 2 is 1.76 bits per heavy atom. The molecule has 1 heterocycles. The van der Waals surface area contributed by atoms with Crippen molar-refractivity contribution in [3.63, 3.8) is 0 Å². The maximum atomic E-state index is 12.8. The second kappa shape index (κ2) is 8.06. The summed E-state index contributed by atoms with van der Waals surface area (Å²) in [6, 6.07) is 7.20. The van der Waals surface area contributed by atoms with Gasteiger partial charge in [0.2, 0.25) is 4.87 Å². The summed E-state index contributed by atoms with van der Waals surface area (Å²) in [6.45, 7) is 8.94. The van der Waals surface area contributed by atoms with E-state index in [-0.39, 0.29) is 5.33 Å². The van der Waals surface area contributed by atoms with Gasteiger partial charge in [0.1, 0.15) is 5.60 Å². The van der Waals surface area contributed by atoms with Crippen molar-refractivity contribution in [3.8, 4) is 0 Å². The standard InChI is InChI=1S/C18H24BrClN2O3/c1-17(2,3)25-16(24)18(20,12-19)15(23)13-4-6-14(7-5-13)22-10-8-21-9-11-22/h4-7,21H,8-12H2,1-3H3. The average Bonchev–Trinajstić information content (AvgIpc) is 2.59. The lowest BCUT2D eigenvalue weighted by Gasteiger charge is -2.30.